The van der Waals surface area contributed by atoms with Crippen LogP contribution in [0.1, 0.15) is 25.3 Å². The van der Waals surface area contributed by atoms with Crippen LogP contribution in [-0.2, 0) is 13.1 Å². The van der Waals surface area contributed by atoms with Gasteiger partial charge in [0.05, 0.1) is 16.0 Å². The van der Waals surface area contributed by atoms with Gasteiger partial charge in [0.1, 0.15) is 11.9 Å². The van der Waals surface area contributed by atoms with Gasteiger partial charge in [0.15, 0.2) is 0 Å². The van der Waals surface area contributed by atoms with Crippen LogP contribution >= 0.6 is 11.9 Å². The third-order valence-corrected chi connectivity index (χ3v) is 4.92. The van der Waals surface area contributed by atoms with Crippen LogP contribution in [0.5, 0.6) is 6.01 Å². The minimum absolute atomic E-state index is 0.0548. The van der Waals surface area contributed by atoms with E-state index < -0.39 is 0 Å². The maximum absolute atomic E-state index is 11.2. The minimum Gasteiger partial charge on any atom is -0.347 e. The van der Waals surface area contributed by atoms with Gasteiger partial charge in [-0.2, -0.15) is 4.98 Å². The number of hydrogen-bond donors (Lipinski definition) is 0. The van der Waals surface area contributed by atoms with Gasteiger partial charge in [-0.05, 0) is 31.2 Å². The molecule has 1 aliphatic heterocycles. The first kappa shape index (κ1) is 14.7. The van der Waals surface area contributed by atoms with E-state index in [0.29, 0.717) is 24.6 Å². The van der Waals surface area contributed by atoms with Crippen LogP contribution in [0.25, 0.3) is 11.0 Å². The molecule has 0 spiro atoms. The highest BCUT2D eigenvalue weighted by molar-refractivity contribution is 6.09. The Labute approximate surface area is 138 Å². The highest BCUT2D eigenvalue weighted by atomic mass is 35.5. The van der Waals surface area contributed by atoms with E-state index in [4.69, 9.17) is 16.2 Å². The fourth-order valence-corrected chi connectivity index (χ4v) is 3.52. The number of nitro benzene ring substituents is 1. The van der Waals surface area contributed by atoms with Crippen LogP contribution in [0.3, 0.4) is 0 Å². The van der Waals surface area contributed by atoms with Gasteiger partial charge in [-0.3, -0.25) is 19.6 Å². The van der Waals surface area contributed by atoms with Gasteiger partial charge in [-0.25, -0.2) is 0 Å². The maximum atomic E-state index is 11.2. The molecule has 1 aliphatic carbocycles. The van der Waals surface area contributed by atoms with Gasteiger partial charge in [-0.15, -0.1) is 0 Å². The van der Waals surface area contributed by atoms with Crippen LogP contribution in [0.4, 0.5) is 5.69 Å². The summed E-state index contributed by atoms with van der Waals surface area (Å²) in [4.78, 5) is 17.5. The van der Waals surface area contributed by atoms with Crippen LogP contribution in [0.15, 0.2) is 12.1 Å². The van der Waals surface area contributed by atoms with Gasteiger partial charge in [-0.1, -0.05) is 0 Å². The van der Waals surface area contributed by atoms with Gasteiger partial charge in [0.2, 0.25) is 0 Å². The zero-order valence-corrected chi connectivity index (χ0v) is 13.5. The fraction of sp³-hybridized carbons (Fsp3) is 0.533. The van der Waals surface area contributed by atoms with Crippen molar-refractivity contribution in [3.63, 3.8) is 0 Å². The lowest BCUT2D eigenvalue weighted by Crippen LogP contribution is -2.35. The van der Waals surface area contributed by atoms with Gasteiger partial charge < -0.3 is 4.29 Å². The third kappa shape index (κ3) is 2.53. The van der Waals surface area contributed by atoms with Crippen molar-refractivity contribution in [1.82, 2.24) is 14.5 Å². The molecule has 0 radical (unpaired) electrons. The molecule has 0 amide bonds. The van der Waals surface area contributed by atoms with Crippen LogP contribution < -0.4 is 4.29 Å². The Hall–Kier alpha value is -1.86. The van der Waals surface area contributed by atoms with Gasteiger partial charge in [0, 0.05) is 37.8 Å². The molecule has 4 rings (SSSR count). The summed E-state index contributed by atoms with van der Waals surface area (Å²) in [5, 5.41) is 11.2. The molecule has 1 aromatic heterocycles. The number of non-ortho nitro benzene ring substituents is 1. The molecule has 0 N–H and O–H groups in total. The molecule has 1 saturated carbocycles. The summed E-state index contributed by atoms with van der Waals surface area (Å²) in [7, 11) is 0. The molecule has 1 fully saturated rings. The Bertz CT molecular complexity index is 787. The number of hydrogen-bond acceptors (Lipinski definition) is 5. The summed E-state index contributed by atoms with van der Waals surface area (Å²) >= 11 is 5.56. The molecular weight excluding hydrogens is 320 g/mol. The molecule has 2 heterocycles. The van der Waals surface area contributed by atoms with Crippen molar-refractivity contribution in [2.45, 2.75) is 38.9 Å². The lowest BCUT2D eigenvalue weighted by atomic mass is 10.1. The number of nitrogens with zero attached hydrogens (tertiary/aromatic N) is 4. The Balaban J connectivity index is 1.85. The second kappa shape index (κ2) is 5.35. The van der Waals surface area contributed by atoms with E-state index in [-0.39, 0.29) is 16.7 Å². The average molecular weight is 337 g/mol. The Morgan fingerprint density at radius 2 is 2.26 bits per heavy atom. The number of benzene rings is 1. The Kier molecular flexibility index (Phi) is 3.42. The van der Waals surface area contributed by atoms with E-state index in [1.165, 1.54) is 18.9 Å². The van der Waals surface area contributed by atoms with E-state index in [0.717, 1.165) is 23.5 Å². The molecular formula is C15H17ClN4O3. The van der Waals surface area contributed by atoms with E-state index >= 15 is 0 Å². The van der Waals surface area contributed by atoms with E-state index in [9.17, 15) is 10.1 Å². The number of aromatic nitrogens is 2. The number of rotatable bonds is 4. The largest absolute Gasteiger partial charge is 0.347 e. The smallest absolute Gasteiger partial charge is 0.317 e. The minimum atomic E-state index is -0.379. The summed E-state index contributed by atoms with van der Waals surface area (Å²) in [5.41, 5.74) is 2.41. The second-order valence-electron chi connectivity index (χ2n) is 6.53. The van der Waals surface area contributed by atoms with Gasteiger partial charge >= 0.3 is 6.01 Å². The first-order valence-electron chi connectivity index (χ1n) is 7.77. The quantitative estimate of drug-likeness (QED) is 0.633. The molecule has 2 aliphatic rings. The second-order valence-corrected chi connectivity index (χ2v) is 6.69. The lowest BCUT2D eigenvalue weighted by molar-refractivity contribution is -0.384. The van der Waals surface area contributed by atoms with E-state index in [2.05, 4.69) is 16.8 Å². The topological polar surface area (TPSA) is 73.4 Å². The number of imidazole rings is 1. The molecule has 2 aromatic rings. The average Bonchev–Trinajstić information content (AvgIpc) is 3.28. The molecule has 0 bridgehead atoms. The van der Waals surface area contributed by atoms with E-state index in [1.54, 1.807) is 6.07 Å². The Morgan fingerprint density at radius 1 is 1.48 bits per heavy atom. The van der Waals surface area contributed by atoms with Crippen LogP contribution in [0.2, 0.25) is 0 Å². The summed E-state index contributed by atoms with van der Waals surface area (Å²) < 4.78 is 6.81. The molecule has 23 heavy (non-hydrogen) atoms. The van der Waals surface area contributed by atoms with Crippen LogP contribution in [-0.4, -0.2) is 32.0 Å². The lowest BCUT2D eigenvalue weighted by Gasteiger charge is -2.27. The highest BCUT2D eigenvalue weighted by Gasteiger charge is 2.31. The van der Waals surface area contributed by atoms with Crippen molar-refractivity contribution >= 4 is 28.6 Å². The van der Waals surface area contributed by atoms with Gasteiger partial charge in [0.25, 0.3) is 5.69 Å². The number of halogens is 1. The zero-order valence-electron chi connectivity index (χ0n) is 12.7. The molecule has 122 valence electrons. The SMILES string of the molecule is C[C@H]1Cn2c(OCl)nc3cc([N+](=O)[O-])cc(c32)CN1CC1CC1. The monoisotopic (exact) mass is 336 g/mol. The van der Waals surface area contributed by atoms with E-state index in [1.807, 2.05) is 4.57 Å². The van der Waals surface area contributed by atoms with Crippen molar-refractivity contribution in [1.29, 1.82) is 0 Å². The predicted octanol–water partition coefficient (Wildman–Crippen LogP) is 3.09. The molecule has 0 unspecified atom stereocenters. The summed E-state index contributed by atoms with van der Waals surface area (Å²) in [6.45, 7) is 4.58. The maximum Gasteiger partial charge on any atom is 0.317 e. The first-order valence-corrected chi connectivity index (χ1v) is 8.08. The molecule has 8 heteroatoms. The third-order valence-electron chi connectivity index (χ3n) is 4.78. The van der Waals surface area contributed by atoms with Crippen molar-refractivity contribution in [3.05, 3.63) is 27.8 Å². The summed E-state index contributed by atoms with van der Waals surface area (Å²) in [6, 6.07) is 3.71. The van der Waals surface area contributed by atoms with Crippen molar-refractivity contribution in [2.24, 2.45) is 5.92 Å². The van der Waals surface area contributed by atoms with Crippen molar-refractivity contribution in [3.8, 4) is 6.01 Å². The predicted molar refractivity (Wildman–Crippen MR) is 85.5 cm³/mol. The summed E-state index contributed by atoms with van der Waals surface area (Å²) in [6.07, 6.45) is 2.55. The van der Waals surface area contributed by atoms with Crippen LogP contribution in [0, 0.1) is 16.0 Å². The molecule has 7 nitrogen and oxygen atoms in total. The first-order chi connectivity index (χ1) is 11.1. The Morgan fingerprint density at radius 3 is 2.91 bits per heavy atom. The van der Waals surface area contributed by atoms with Crippen molar-refractivity contribution < 1.29 is 9.21 Å². The molecule has 1 atom stereocenters. The zero-order chi connectivity index (χ0) is 16.1. The molecule has 1 aromatic carbocycles. The normalized spacial score (nSPS) is 21.4. The number of nitro groups is 1. The van der Waals surface area contributed by atoms with Crippen molar-refractivity contribution in [2.75, 3.05) is 6.54 Å². The fourth-order valence-electron chi connectivity index (χ4n) is 3.40. The molecule has 0 saturated heterocycles. The highest BCUT2D eigenvalue weighted by Crippen LogP contribution is 2.36. The standard InChI is InChI=1S/C15H17ClN4O3/c1-9-6-19-14-11(8-18(9)7-10-2-3-10)4-12(20(21)22)5-13(14)17-15(19)23-16/h4-5,9-10H,2-3,6-8H2,1H3/t9-/m0/s1. The summed E-state index contributed by atoms with van der Waals surface area (Å²) in [5.74, 6) is 0.756.